The van der Waals surface area contributed by atoms with E-state index in [1.165, 1.54) is 30.1 Å². The van der Waals surface area contributed by atoms with Gasteiger partial charge in [-0.25, -0.2) is 18.1 Å². The lowest BCUT2D eigenvalue weighted by atomic mass is 9.50. The molecule has 0 radical (unpaired) electrons. The average Bonchev–Trinajstić information content (AvgIpc) is 3.46. The normalized spacial score (nSPS) is 33.3. The van der Waals surface area contributed by atoms with Gasteiger partial charge < -0.3 is 19.7 Å². The molecule has 2 aromatic heterocycles. The third-order valence-corrected chi connectivity index (χ3v) is 8.42. The lowest BCUT2D eigenvalue weighted by Gasteiger charge is -2.61. The largest absolute Gasteiger partial charge is 0.394 e. The molecule has 2 N–H and O–H groups in total. The van der Waals surface area contributed by atoms with E-state index in [0.717, 1.165) is 25.2 Å². The highest BCUT2D eigenvalue weighted by Crippen LogP contribution is 2.61. The summed E-state index contributed by atoms with van der Waals surface area (Å²) in [6.45, 7) is -0.435. The molecule has 1 saturated heterocycles. The van der Waals surface area contributed by atoms with Crippen LogP contribution in [-0.2, 0) is 21.4 Å². The van der Waals surface area contributed by atoms with Gasteiger partial charge in [-0.1, -0.05) is 10.4 Å². The van der Waals surface area contributed by atoms with E-state index in [1.54, 1.807) is 0 Å². The number of hydrogen-bond acceptors (Lipinski definition) is 8. The molecular formula is C23H25BrF2N6O4. The predicted octanol–water partition coefficient (Wildman–Crippen LogP) is 2.01. The lowest BCUT2D eigenvalue weighted by Crippen LogP contribution is -2.59. The number of aliphatic hydroxyl groups excluding tert-OH is 2. The van der Waals surface area contributed by atoms with Gasteiger partial charge in [0.2, 0.25) is 0 Å². The maximum absolute atomic E-state index is 14.5. The molecule has 3 heterocycles. The molecule has 3 saturated carbocycles. The van der Waals surface area contributed by atoms with E-state index in [9.17, 15) is 19.0 Å². The zero-order chi connectivity index (χ0) is 25.2. The second-order valence-electron chi connectivity index (χ2n) is 9.95. The monoisotopic (exact) mass is 566 g/mol. The van der Waals surface area contributed by atoms with Crippen LogP contribution in [0.3, 0.4) is 0 Å². The summed E-state index contributed by atoms with van der Waals surface area (Å²) < 4.78 is 43.7. The fourth-order valence-electron chi connectivity index (χ4n) is 5.74. The molecule has 13 heteroatoms. The molecule has 10 nitrogen and oxygen atoms in total. The Morgan fingerprint density at radius 3 is 2.58 bits per heavy atom. The van der Waals surface area contributed by atoms with E-state index in [2.05, 4.69) is 36.6 Å². The van der Waals surface area contributed by atoms with Gasteiger partial charge in [0.25, 0.3) is 0 Å². The van der Waals surface area contributed by atoms with Crippen molar-refractivity contribution in [3.05, 3.63) is 46.3 Å². The first-order valence-corrected chi connectivity index (χ1v) is 12.6. The maximum Gasteiger partial charge on any atom is 0.173 e. The first-order chi connectivity index (χ1) is 17.3. The van der Waals surface area contributed by atoms with Crippen LogP contribution in [0.5, 0.6) is 0 Å². The zero-order valence-corrected chi connectivity index (χ0v) is 20.9. The van der Waals surface area contributed by atoms with Crippen LogP contribution < -0.4 is 0 Å². The molecule has 3 aromatic rings. The number of aromatic nitrogens is 6. The van der Waals surface area contributed by atoms with Crippen molar-refractivity contribution in [1.29, 1.82) is 0 Å². The SMILES string of the molecule is CO[C@@H]1[C@@H](n2cc(-c3ccc(Br)c(F)c3F)nn2)[C@@H](O)[C@@H](CO)O[C@@H]1Cc1cn(C23CC(C2)C3)nn1. The Balaban J connectivity index is 1.28. The van der Waals surface area contributed by atoms with Gasteiger partial charge >= 0.3 is 0 Å². The number of benzene rings is 1. The fraction of sp³-hybridized carbons (Fsp3) is 0.565. The van der Waals surface area contributed by atoms with E-state index < -0.39 is 48.7 Å². The number of ether oxygens (including phenoxy) is 2. The summed E-state index contributed by atoms with van der Waals surface area (Å²) in [5.74, 6) is -1.29. The third kappa shape index (κ3) is 3.71. The molecule has 1 aromatic carbocycles. The zero-order valence-electron chi connectivity index (χ0n) is 19.3. The van der Waals surface area contributed by atoms with Crippen molar-refractivity contribution in [2.45, 2.75) is 61.7 Å². The highest BCUT2D eigenvalue weighted by Gasteiger charge is 2.59. The Hall–Kier alpha value is -2.32. The van der Waals surface area contributed by atoms with Crippen LogP contribution in [0.2, 0.25) is 0 Å². The molecule has 0 amide bonds. The Morgan fingerprint density at radius 1 is 1.14 bits per heavy atom. The molecule has 1 aliphatic heterocycles. The number of halogens is 3. The Labute approximate surface area is 213 Å². The molecular weight excluding hydrogens is 542 g/mol. The second-order valence-corrected chi connectivity index (χ2v) is 10.8. The first-order valence-electron chi connectivity index (χ1n) is 11.8. The van der Waals surface area contributed by atoms with E-state index >= 15 is 0 Å². The van der Waals surface area contributed by atoms with E-state index in [-0.39, 0.29) is 21.3 Å². The number of aliphatic hydroxyl groups is 2. The van der Waals surface area contributed by atoms with Gasteiger partial charge in [0.15, 0.2) is 11.6 Å². The van der Waals surface area contributed by atoms with Gasteiger partial charge in [0.05, 0.1) is 34.6 Å². The number of nitrogens with zero attached hydrogens (tertiary/aromatic N) is 6. The Morgan fingerprint density at radius 2 is 1.92 bits per heavy atom. The molecule has 0 spiro atoms. The van der Waals surface area contributed by atoms with Crippen molar-refractivity contribution in [2.24, 2.45) is 5.92 Å². The van der Waals surface area contributed by atoms with Crippen LogP contribution in [0.4, 0.5) is 8.78 Å². The average molecular weight is 567 g/mol. The molecule has 2 bridgehead atoms. The summed E-state index contributed by atoms with van der Waals surface area (Å²) in [4.78, 5) is 0. The minimum absolute atomic E-state index is 0.00460. The minimum atomic E-state index is -1.20. The summed E-state index contributed by atoms with van der Waals surface area (Å²) in [6.07, 6.45) is 3.67. The van der Waals surface area contributed by atoms with E-state index in [4.69, 9.17) is 9.47 Å². The Kier molecular flexibility index (Phi) is 5.95. The molecule has 4 fully saturated rings. The van der Waals surface area contributed by atoms with Crippen LogP contribution >= 0.6 is 15.9 Å². The summed E-state index contributed by atoms with van der Waals surface area (Å²) in [5, 5.41) is 37.7. The van der Waals surface area contributed by atoms with Gasteiger partial charge in [-0.2, -0.15) is 0 Å². The van der Waals surface area contributed by atoms with E-state index in [1.807, 2.05) is 10.9 Å². The molecule has 36 heavy (non-hydrogen) atoms. The smallest absolute Gasteiger partial charge is 0.173 e. The quantitative estimate of drug-likeness (QED) is 0.417. The van der Waals surface area contributed by atoms with Crippen LogP contribution in [0.1, 0.15) is 31.0 Å². The van der Waals surface area contributed by atoms with Crippen LogP contribution in [0, 0.1) is 17.6 Å². The lowest BCUT2D eigenvalue weighted by molar-refractivity contribution is -0.212. The van der Waals surface area contributed by atoms with Gasteiger partial charge in [0.1, 0.15) is 30.0 Å². The molecule has 0 unspecified atom stereocenters. The third-order valence-electron chi connectivity index (χ3n) is 7.81. The molecule has 192 valence electrons. The van der Waals surface area contributed by atoms with Crippen molar-refractivity contribution in [3.8, 4) is 11.3 Å². The van der Waals surface area contributed by atoms with Gasteiger partial charge in [0, 0.05) is 25.3 Å². The van der Waals surface area contributed by atoms with E-state index in [0.29, 0.717) is 12.1 Å². The van der Waals surface area contributed by atoms with Gasteiger partial charge in [-0.05, 0) is 53.2 Å². The first kappa shape index (κ1) is 24.0. The van der Waals surface area contributed by atoms with Crippen LogP contribution in [0.25, 0.3) is 11.3 Å². The highest BCUT2D eigenvalue weighted by atomic mass is 79.9. The Bertz CT molecular complexity index is 1270. The van der Waals surface area contributed by atoms with Crippen molar-refractivity contribution < 1.29 is 28.5 Å². The van der Waals surface area contributed by atoms with Crippen LogP contribution in [-0.4, -0.2) is 78.3 Å². The van der Waals surface area contributed by atoms with Crippen molar-refractivity contribution in [3.63, 3.8) is 0 Å². The van der Waals surface area contributed by atoms with Crippen LogP contribution in [0.15, 0.2) is 29.0 Å². The highest BCUT2D eigenvalue weighted by molar-refractivity contribution is 9.10. The second kappa shape index (κ2) is 8.91. The molecule has 4 aliphatic rings. The molecule has 7 rings (SSSR count). The summed E-state index contributed by atoms with van der Waals surface area (Å²) in [7, 11) is 1.49. The van der Waals surface area contributed by atoms with Gasteiger partial charge in [-0.15, -0.1) is 10.2 Å². The minimum Gasteiger partial charge on any atom is -0.394 e. The molecule has 5 atom stereocenters. The summed E-state index contributed by atoms with van der Waals surface area (Å²) >= 11 is 2.96. The summed E-state index contributed by atoms with van der Waals surface area (Å²) in [6, 6.07) is 1.95. The number of hydrogen-bond donors (Lipinski definition) is 2. The standard InChI is InChI=1S/C23H25BrF2N6O4/c1-35-22-16(4-12-8-32(30-27-12)23-5-11(6-23)7-23)36-17(10-33)21(34)20(22)31-9-15(28-29-31)13-2-3-14(24)19(26)18(13)25/h2-3,8-9,11,16-17,20-22,33-34H,4-7,10H2,1H3/t11?,16-,17-,20+,21+,22+,23?/m1/s1. The molecule has 3 aliphatic carbocycles. The maximum atomic E-state index is 14.5. The van der Waals surface area contributed by atoms with Crippen molar-refractivity contribution >= 4 is 15.9 Å². The van der Waals surface area contributed by atoms with Crippen molar-refractivity contribution in [1.82, 2.24) is 30.0 Å². The van der Waals surface area contributed by atoms with Crippen molar-refractivity contribution in [2.75, 3.05) is 13.7 Å². The fourth-order valence-corrected chi connectivity index (χ4v) is 6.05. The number of methoxy groups -OCH3 is 1. The topological polar surface area (TPSA) is 120 Å². The number of rotatable bonds is 7. The summed E-state index contributed by atoms with van der Waals surface area (Å²) in [5.41, 5.74) is 0.837. The van der Waals surface area contributed by atoms with Gasteiger partial charge in [-0.3, -0.25) is 0 Å². The predicted molar refractivity (Wildman–Crippen MR) is 124 cm³/mol.